The quantitative estimate of drug-likeness (QED) is 0.319. The predicted octanol–water partition coefficient (Wildman–Crippen LogP) is 6.71. The van der Waals surface area contributed by atoms with Crippen molar-refractivity contribution in [3.63, 3.8) is 0 Å². The summed E-state index contributed by atoms with van der Waals surface area (Å²) < 4.78 is 1.11. The van der Waals surface area contributed by atoms with Crippen LogP contribution in [0.3, 0.4) is 0 Å². The summed E-state index contributed by atoms with van der Waals surface area (Å²) in [6, 6.07) is 18.5. The van der Waals surface area contributed by atoms with Crippen LogP contribution in [-0.4, -0.2) is 15.9 Å². The molecule has 0 radical (unpaired) electrons. The minimum absolute atomic E-state index is 0.0382. The molecule has 2 heterocycles. The molecule has 0 saturated carbocycles. The summed E-state index contributed by atoms with van der Waals surface area (Å²) >= 11 is 1.58. The van der Waals surface area contributed by atoms with Gasteiger partial charge in [-0.1, -0.05) is 81.5 Å². The van der Waals surface area contributed by atoms with Crippen molar-refractivity contribution in [1.29, 1.82) is 0 Å². The first-order chi connectivity index (χ1) is 15.4. The molecule has 2 aromatic heterocycles. The van der Waals surface area contributed by atoms with Gasteiger partial charge < -0.3 is 0 Å². The Morgan fingerprint density at radius 2 is 1.72 bits per heavy atom. The van der Waals surface area contributed by atoms with Gasteiger partial charge in [-0.15, -0.1) is 0 Å². The zero-order valence-corrected chi connectivity index (χ0v) is 19.9. The molecule has 4 aromatic rings. The maximum absolute atomic E-state index is 13.5. The van der Waals surface area contributed by atoms with E-state index in [-0.39, 0.29) is 5.91 Å². The Morgan fingerprint density at radius 3 is 2.38 bits per heavy atom. The lowest BCUT2D eigenvalue weighted by molar-refractivity contribution is -0.118. The summed E-state index contributed by atoms with van der Waals surface area (Å²) in [6.45, 7) is 9.15. The minimum Gasteiger partial charge on any atom is -0.283 e. The van der Waals surface area contributed by atoms with Crippen LogP contribution in [0, 0.1) is 0 Å². The van der Waals surface area contributed by atoms with Gasteiger partial charge in [-0.05, 0) is 46.2 Å². The summed E-state index contributed by atoms with van der Waals surface area (Å²) in [4.78, 5) is 24.5. The minimum atomic E-state index is 0.0382. The Bertz CT molecular complexity index is 1200. The largest absolute Gasteiger partial charge is 0.283 e. The number of benzene rings is 2. The van der Waals surface area contributed by atoms with E-state index in [1.807, 2.05) is 23.2 Å². The fourth-order valence-corrected chi connectivity index (χ4v) is 4.78. The number of aromatic nitrogens is 2. The zero-order chi connectivity index (χ0) is 22.7. The van der Waals surface area contributed by atoms with Gasteiger partial charge in [-0.2, -0.15) is 0 Å². The van der Waals surface area contributed by atoms with Crippen molar-refractivity contribution in [2.24, 2.45) is 0 Å². The van der Waals surface area contributed by atoms with Gasteiger partial charge in [-0.25, -0.2) is 4.98 Å². The highest BCUT2D eigenvalue weighted by atomic mass is 32.1. The van der Waals surface area contributed by atoms with E-state index in [0.29, 0.717) is 24.8 Å². The van der Waals surface area contributed by atoms with Gasteiger partial charge in [0.1, 0.15) is 0 Å². The molecule has 0 spiro atoms. The molecule has 164 valence electrons. The smallest absolute Gasteiger partial charge is 0.233 e. The van der Waals surface area contributed by atoms with Crippen LogP contribution in [0.2, 0.25) is 0 Å². The van der Waals surface area contributed by atoms with Gasteiger partial charge in [0.2, 0.25) is 5.91 Å². The lowest BCUT2D eigenvalue weighted by Gasteiger charge is -2.20. The van der Waals surface area contributed by atoms with Gasteiger partial charge in [0.15, 0.2) is 5.13 Å². The maximum atomic E-state index is 13.5. The maximum Gasteiger partial charge on any atom is 0.233 e. The second kappa shape index (κ2) is 9.61. The molecule has 0 N–H and O–H groups in total. The number of para-hydroxylation sites is 1. The number of carbonyl (C=O) groups excluding carboxylic acids is 1. The predicted molar refractivity (Wildman–Crippen MR) is 133 cm³/mol. The van der Waals surface area contributed by atoms with E-state index in [1.54, 1.807) is 17.5 Å². The number of pyridine rings is 1. The number of rotatable bonds is 7. The molecule has 0 aliphatic carbocycles. The molecule has 4 nitrogen and oxygen atoms in total. The fourth-order valence-electron chi connectivity index (χ4n) is 3.77. The van der Waals surface area contributed by atoms with Gasteiger partial charge in [0.25, 0.3) is 0 Å². The molecule has 0 bridgehead atoms. The number of hydrogen-bond donors (Lipinski definition) is 0. The van der Waals surface area contributed by atoms with Gasteiger partial charge in [0, 0.05) is 12.4 Å². The van der Waals surface area contributed by atoms with Crippen LogP contribution in [0.4, 0.5) is 5.13 Å². The van der Waals surface area contributed by atoms with Crippen molar-refractivity contribution in [3.05, 3.63) is 89.2 Å². The van der Waals surface area contributed by atoms with Crippen LogP contribution in [0.15, 0.2) is 67.0 Å². The van der Waals surface area contributed by atoms with Crippen molar-refractivity contribution in [1.82, 2.24) is 9.97 Å². The Kier molecular flexibility index (Phi) is 6.66. The molecular weight excluding hydrogens is 414 g/mol. The van der Waals surface area contributed by atoms with Gasteiger partial charge in [-0.3, -0.25) is 14.7 Å². The first-order valence-electron chi connectivity index (χ1n) is 11.1. The average molecular weight is 444 g/mol. The third-order valence-corrected chi connectivity index (χ3v) is 6.70. The van der Waals surface area contributed by atoms with Crippen molar-refractivity contribution < 1.29 is 4.79 Å². The lowest BCUT2D eigenvalue weighted by Crippen LogP contribution is -2.31. The molecule has 0 fully saturated rings. The van der Waals surface area contributed by atoms with E-state index in [0.717, 1.165) is 26.5 Å². The van der Waals surface area contributed by atoms with Crippen molar-refractivity contribution in [2.75, 3.05) is 4.90 Å². The van der Waals surface area contributed by atoms with E-state index < -0.39 is 0 Å². The third kappa shape index (κ3) is 4.89. The molecule has 1 amide bonds. The first-order valence-corrected chi connectivity index (χ1v) is 11.9. The molecule has 0 atom stereocenters. The van der Waals surface area contributed by atoms with E-state index in [4.69, 9.17) is 4.98 Å². The molecule has 0 aliphatic heterocycles. The summed E-state index contributed by atoms with van der Waals surface area (Å²) in [6.07, 6.45) is 3.90. The standard InChI is InChI=1S/C27H29N3OS/c1-18(2)22-12-10-20(11-13-22)15-25(31)30(17-21-7-6-14-28-16-21)27-29-26-23(19(3)4)8-5-9-24(26)32-27/h5-14,16,18-19H,15,17H2,1-4H3. The molecule has 5 heteroatoms. The van der Waals surface area contributed by atoms with E-state index in [1.165, 1.54) is 11.1 Å². The first kappa shape index (κ1) is 22.2. The second-order valence-electron chi connectivity index (χ2n) is 8.76. The Balaban J connectivity index is 1.68. The summed E-state index contributed by atoms with van der Waals surface area (Å²) in [5, 5.41) is 0.737. The van der Waals surface area contributed by atoms with Crippen molar-refractivity contribution in [2.45, 2.75) is 52.5 Å². The Morgan fingerprint density at radius 1 is 0.938 bits per heavy atom. The normalized spacial score (nSPS) is 11.4. The van der Waals surface area contributed by atoms with Crippen LogP contribution in [0.25, 0.3) is 10.2 Å². The lowest BCUT2D eigenvalue weighted by atomic mass is 10.0. The number of amides is 1. The number of anilines is 1. The molecule has 0 saturated heterocycles. The molecule has 32 heavy (non-hydrogen) atoms. The highest BCUT2D eigenvalue weighted by molar-refractivity contribution is 7.22. The van der Waals surface area contributed by atoms with Crippen LogP contribution >= 0.6 is 11.3 Å². The number of thiazole rings is 1. The molecular formula is C27H29N3OS. The van der Waals surface area contributed by atoms with Crippen LogP contribution in [0.1, 0.15) is 61.8 Å². The average Bonchev–Trinajstić information content (AvgIpc) is 3.22. The fraction of sp³-hybridized carbons (Fsp3) is 0.296. The monoisotopic (exact) mass is 443 g/mol. The van der Waals surface area contributed by atoms with Crippen LogP contribution < -0.4 is 4.90 Å². The number of fused-ring (bicyclic) bond motifs is 1. The second-order valence-corrected chi connectivity index (χ2v) is 9.77. The highest BCUT2D eigenvalue weighted by Crippen LogP contribution is 2.34. The SMILES string of the molecule is CC(C)c1ccc(CC(=O)N(Cc2cccnc2)c2nc3c(C(C)C)cccc3s2)cc1. The van der Waals surface area contributed by atoms with Crippen molar-refractivity contribution in [3.8, 4) is 0 Å². The summed E-state index contributed by atoms with van der Waals surface area (Å²) in [5.41, 5.74) is 5.48. The Labute approximate surface area is 194 Å². The van der Waals surface area contributed by atoms with Crippen molar-refractivity contribution >= 4 is 32.6 Å². The molecule has 0 unspecified atom stereocenters. The molecule has 2 aromatic carbocycles. The van der Waals surface area contributed by atoms with E-state index in [9.17, 15) is 4.79 Å². The molecule has 0 aliphatic rings. The Hall–Kier alpha value is -3.05. The van der Waals surface area contributed by atoms with Gasteiger partial charge in [0.05, 0.1) is 23.2 Å². The number of hydrogen-bond acceptors (Lipinski definition) is 4. The van der Waals surface area contributed by atoms with Crippen LogP contribution in [0.5, 0.6) is 0 Å². The summed E-state index contributed by atoms with van der Waals surface area (Å²) in [5.74, 6) is 0.881. The highest BCUT2D eigenvalue weighted by Gasteiger charge is 2.22. The number of nitrogens with zero attached hydrogens (tertiary/aromatic N) is 3. The third-order valence-electron chi connectivity index (χ3n) is 5.66. The number of carbonyl (C=O) groups is 1. The van der Waals surface area contributed by atoms with Crippen LogP contribution in [-0.2, 0) is 17.8 Å². The zero-order valence-electron chi connectivity index (χ0n) is 19.1. The molecule has 4 rings (SSSR count). The van der Waals surface area contributed by atoms with Gasteiger partial charge >= 0.3 is 0 Å². The topological polar surface area (TPSA) is 46.1 Å². The van der Waals surface area contributed by atoms with E-state index >= 15 is 0 Å². The van der Waals surface area contributed by atoms with E-state index in [2.05, 4.69) is 75.1 Å². The summed E-state index contributed by atoms with van der Waals surface area (Å²) in [7, 11) is 0.